The second-order valence-corrected chi connectivity index (χ2v) is 6.12. The second kappa shape index (κ2) is 7.78. The summed E-state index contributed by atoms with van der Waals surface area (Å²) in [6.45, 7) is 4.08. The van der Waals surface area contributed by atoms with Crippen molar-refractivity contribution in [3.63, 3.8) is 0 Å². The van der Waals surface area contributed by atoms with Gasteiger partial charge >= 0.3 is 0 Å². The van der Waals surface area contributed by atoms with Crippen molar-refractivity contribution in [2.75, 3.05) is 7.11 Å². The number of nitrogens with one attached hydrogen (secondary N) is 1. The van der Waals surface area contributed by atoms with E-state index in [1.807, 2.05) is 26.0 Å². The van der Waals surface area contributed by atoms with E-state index in [-0.39, 0.29) is 11.7 Å². The number of benzene rings is 2. The van der Waals surface area contributed by atoms with Gasteiger partial charge in [-0.1, -0.05) is 0 Å². The number of nitrogens with zero attached hydrogens (tertiary/aromatic N) is 2. The summed E-state index contributed by atoms with van der Waals surface area (Å²) in [5.41, 5.74) is 6.66. The van der Waals surface area contributed by atoms with E-state index in [2.05, 4.69) is 27.2 Å². The lowest BCUT2D eigenvalue weighted by Crippen LogP contribution is -2.17. The molecule has 0 aliphatic rings. The number of carbonyl (C=O) groups is 1. The van der Waals surface area contributed by atoms with Crippen LogP contribution in [0.5, 0.6) is 11.5 Å². The fourth-order valence-electron chi connectivity index (χ4n) is 2.83. The van der Waals surface area contributed by atoms with Gasteiger partial charge < -0.3 is 14.4 Å². The lowest BCUT2D eigenvalue weighted by atomic mass is 10.2. The summed E-state index contributed by atoms with van der Waals surface area (Å²) in [5.74, 6) is 0.309. The topological polar surface area (TPSA) is 75.8 Å². The van der Waals surface area contributed by atoms with Gasteiger partial charge in [0.25, 0.3) is 5.91 Å². The summed E-state index contributed by atoms with van der Waals surface area (Å²) < 4.78 is 7.22. The summed E-state index contributed by atoms with van der Waals surface area (Å²) in [7, 11) is 1.54. The number of hydrogen-bond donors (Lipinski definition) is 2. The molecule has 1 amide bonds. The zero-order valence-electron chi connectivity index (χ0n) is 15.4. The van der Waals surface area contributed by atoms with Gasteiger partial charge in [-0.25, -0.2) is 5.43 Å². The maximum Gasteiger partial charge on any atom is 0.271 e. The number of phenolic OH excluding ortho intramolecular Hbond substituents is 1. The third-order valence-electron chi connectivity index (χ3n) is 4.26. The van der Waals surface area contributed by atoms with E-state index in [1.54, 1.807) is 24.3 Å². The number of aromatic nitrogens is 1. The summed E-state index contributed by atoms with van der Waals surface area (Å²) in [4.78, 5) is 12.3. The number of hydrazone groups is 1. The summed E-state index contributed by atoms with van der Waals surface area (Å²) in [6.07, 6.45) is 1.37. The Balaban J connectivity index is 1.70. The highest BCUT2D eigenvalue weighted by Gasteiger charge is 2.07. The molecule has 0 spiro atoms. The van der Waals surface area contributed by atoms with Gasteiger partial charge in [-0.3, -0.25) is 4.79 Å². The lowest BCUT2D eigenvalue weighted by Gasteiger charge is -2.10. The number of hydrogen-bond acceptors (Lipinski definition) is 4. The minimum absolute atomic E-state index is 0.0515. The number of phenols is 1. The van der Waals surface area contributed by atoms with Crippen LogP contribution >= 0.6 is 0 Å². The average molecular weight is 363 g/mol. The zero-order valence-corrected chi connectivity index (χ0v) is 15.4. The van der Waals surface area contributed by atoms with Crippen molar-refractivity contribution in [1.29, 1.82) is 0 Å². The number of methoxy groups -OCH3 is 1. The molecule has 2 aromatic carbocycles. The van der Waals surface area contributed by atoms with Crippen LogP contribution in [0.4, 0.5) is 0 Å². The number of rotatable bonds is 5. The minimum Gasteiger partial charge on any atom is -0.507 e. The molecule has 1 aromatic heterocycles. The van der Waals surface area contributed by atoms with Crippen LogP contribution in [0.2, 0.25) is 0 Å². The van der Waals surface area contributed by atoms with Crippen molar-refractivity contribution < 1.29 is 14.6 Å². The molecule has 27 heavy (non-hydrogen) atoms. The highest BCUT2D eigenvalue weighted by Crippen LogP contribution is 2.21. The SMILES string of the molecule is COc1ccc(O)c(/C=N/NC(=O)c2ccc(-n3c(C)ccc3C)cc2)c1. The molecule has 1 heterocycles. The summed E-state index contributed by atoms with van der Waals surface area (Å²) >= 11 is 0. The summed E-state index contributed by atoms with van der Waals surface area (Å²) in [5, 5.41) is 13.7. The first-order valence-electron chi connectivity index (χ1n) is 8.45. The van der Waals surface area contributed by atoms with E-state index in [0.29, 0.717) is 16.9 Å². The monoisotopic (exact) mass is 363 g/mol. The smallest absolute Gasteiger partial charge is 0.271 e. The molecular formula is C21H21N3O3. The molecule has 6 nitrogen and oxygen atoms in total. The fraction of sp³-hybridized carbons (Fsp3) is 0.143. The van der Waals surface area contributed by atoms with Crippen molar-refractivity contribution in [1.82, 2.24) is 9.99 Å². The third kappa shape index (κ3) is 4.00. The molecule has 0 saturated carbocycles. The molecular weight excluding hydrogens is 342 g/mol. The van der Waals surface area contributed by atoms with Crippen molar-refractivity contribution in [3.05, 3.63) is 77.1 Å². The molecule has 6 heteroatoms. The number of ether oxygens (including phenoxy) is 1. The zero-order chi connectivity index (χ0) is 19.4. The van der Waals surface area contributed by atoms with Gasteiger partial charge in [0.1, 0.15) is 11.5 Å². The predicted octanol–water partition coefficient (Wildman–Crippen LogP) is 3.57. The van der Waals surface area contributed by atoms with Gasteiger partial charge in [0.15, 0.2) is 0 Å². The van der Waals surface area contributed by atoms with Gasteiger partial charge in [0, 0.05) is 28.2 Å². The molecule has 2 N–H and O–H groups in total. The number of aryl methyl sites for hydroxylation is 2. The van der Waals surface area contributed by atoms with E-state index < -0.39 is 0 Å². The Morgan fingerprint density at radius 2 is 1.74 bits per heavy atom. The van der Waals surface area contributed by atoms with Crippen LogP contribution in [0.1, 0.15) is 27.3 Å². The number of aromatic hydroxyl groups is 1. The van der Waals surface area contributed by atoms with Crippen molar-refractivity contribution >= 4 is 12.1 Å². The molecule has 0 aliphatic heterocycles. The average Bonchev–Trinajstić information content (AvgIpc) is 3.01. The Hall–Kier alpha value is -3.54. The molecule has 0 bridgehead atoms. The Morgan fingerprint density at radius 3 is 2.37 bits per heavy atom. The standard InChI is InChI=1S/C21H21N3O3/c1-14-4-5-15(2)24(14)18-8-6-16(7-9-18)21(26)23-22-13-17-12-19(27-3)10-11-20(17)25/h4-13,25H,1-3H3,(H,23,26)/b22-13+. The van der Waals surface area contributed by atoms with Gasteiger partial charge in [0.05, 0.1) is 13.3 Å². The van der Waals surface area contributed by atoms with Gasteiger partial charge in [-0.05, 0) is 68.4 Å². The maximum absolute atomic E-state index is 12.3. The Morgan fingerprint density at radius 1 is 1.07 bits per heavy atom. The number of amides is 1. The van der Waals surface area contributed by atoms with Gasteiger partial charge in [-0.2, -0.15) is 5.10 Å². The molecule has 0 fully saturated rings. The van der Waals surface area contributed by atoms with Crippen molar-refractivity contribution in [2.24, 2.45) is 5.10 Å². The maximum atomic E-state index is 12.3. The van der Waals surface area contributed by atoms with E-state index in [9.17, 15) is 9.90 Å². The minimum atomic E-state index is -0.332. The molecule has 138 valence electrons. The van der Waals surface area contributed by atoms with Crippen molar-refractivity contribution in [2.45, 2.75) is 13.8 Å². The highest BCUT2D eigenvalue weighted by molar-refractivity contribution is 5.95. The molecule has 0 radical (unpaired) electrons. The molecule has 0 saturated heterocycles. The lowest BCUT2D eigenvalue weighted by molar-refractivity contribution is 0.0955. The molecule has 0 unspecified atom stereocenters. The first-order valence-corrected chi connectivity index (χ1v) is 8.45. The Labute approximate surface area is 157 Å². The van der Waals surface area contributed by atoms with E-state index in [1.165, 1.54) is 19.4 Å². The van der Waals surface area contributed by atoms with E-state index in [0.717, 1.165) is 17.1 Å². The molecule has 0 atom stereocenters. The largest absolute Gasteiger partial charge is 0.507 e. The Kier molecular flexibility index (Phi) is 5.26. The van der Waals surface area contributed by atoms with Crippen LogP contribution in [0.15, 0.2) is 59.7 Å². The van der Waals surface area contributed by atoms with Crippen LogP contribution in [0, 0.1) is 13.8 Å². The van der Waals surface area contributed by atoms with E-state index in [4.69, 9.17) is 4.74 Å². The van der Waals surface area contributed by atoms with Crippen LogP contribution in [-0.4, -0.2) is 28.9 Å². The molecule has 3 aromatic rings. The highest BCUT2D eigenvalue weighted by atomic mass is 16.5. The van der Waals surface area contributed by atoms with Crippen LogP contribution in [0.25, 0.3) is 5.69 Å². The van der Waals surface area contributed by atoms with Gasteiger partial charge in [0.2, 0.25) is 0 Å². The second-order valence-electron chi connectivity index (χ2n) is 6.12. The normalized spacial score (nSPS) is 10.9. The van der Waals surface area contributed by atoms with Gasteiger partial charge in [-0.15, -0.1) is 0 Å². The van der Waals surface area contributed by atoms with Crippen LogP contribution in [-0.2, 0) is 0 Å². The Bertz CT molecular complexity index is 969. The van der Waals surface area contributed by atoms with Crippen LogP contribution < -0.4 is 10.2 Å². The third-order valence-corrected chi connectivity index (χ3v) is 4.26. The van der Waals surface area contributed by atoms with Crippen molar-refractivity contribution in [3.8, 4) is 17.2 Å². The number of carbonyl (C=O) groups excluding carboxylic acids is 1. The first kappa shape index (κ1) is 18.3. The molecule has 0 aliphatic carbocycles. The summed E-state index contributed by atoms with van der Waals surface area (Å²) in [6, 6.07) is 16.2. The quantitative estimate of drug-likeness (QED) is 0.537. The molecule has 3 rings (SSSR count). The predicted molar refractivity (Wildman–Crippen MR) is 105 cm³/mol. The fourth-order valence-corrected chi connectivity index (χ4v) is 2.83. The van der Waals surface area contributed by atoms with E-state index >= 15 is 0 Å². The van der Waals surface area contributed by atoms with Crippen LogP contribution in [0.3, 0.4) is 0 Å². The first-order chi connectivity index (χ1) is 13.0.